The molecule has 2 saturated heterocycles. The molecule has 0 aliphatic carbocycles. The van der Waals surface area contributed by atoms with Crippen LogP contribution in [-0.2, 0) is 0 Å². The largest absolute Gasteiger partial charge is 0.336 e. The van der Waals surface area contributed by atoms with Gasteiger partial charge in [-0.05, 0) is 70.2 Å². The second kappa shape index (κ2) is 7.28. The van der Waals surface area contributed by atoms with Gasteiger partial charge in [0.2, 0.25) is 0 Å². The van der Waals surface area contributed by atoms with Gasteiger partial charge in [0.15, 0.2) is 0 Å². The highest BCUT2D eigenvalue weighted by Crippen LogP contribution is 2.24. The molecule has 0 bridgehead atoms. The maximum absolute atomic E-state index is 12.9. The first-order valence-corrected chi connectivity index (χ1v) is 8.84. The Hall–Kier alpha value is -1.35. The molecule has 1 amide bonds. The predicted molar refractivity (Wildman–Crippen MR) is 90.1 cm³/mol. The lowest BCUT2D eigenvalue weighted by Crippen LogP contribution is -2.45. The van der Waals surface area contributed by atoms with Gasteiger partial charge in [-0.25, -0.2) is 0 Å². The average Bonchev–Trinajstić information content (AvgIpc) is 3.06. The van der Waals surface area contributed by atoms with E-state index >= 15 is 0 Å². The smallest absolute Gasteiger partial charge is 0.254 e. The van der Waals surface area contributed by atoms with E-state index in [0.29, 0.717) is 6.04 Å². The van der Waals surface area contributed by atoms with Gasteiger partial charge < -0.3 is 9.80 Å². The minimum atomic E-state index is 0.240. The molecule has 120 valence electrons. The number of benzene rings is 1. The van der Waals surface area contributed by atoms with Crippen LogP contribution < -0.4 is 0 Å². The first-order chi connectivity index (χ1) is 10.8. The number of likely N-dealkylation sites (tertiary alicyclic amines) is 2. The first kappa shape index (κ1) is 15.5. The fraction of sp³-hybridized carbons (Fsp3) is 0.632. The summed E-state index contributed by atoms with van der Waals surface area (Å²) in [7, 11) is 0. The van der Waals surface area contributed by atoms with Crippen molar-refractivity contribution < 1.29 is 4.79 Å². The van der Waals surface area contributed by atoms with Gasteiger partial charge in [0.05, 0.1) is 0 Å². The van der Waals surface area contributed by atoms with Crippen molar-refractivity contribution in [3.05, 3.63) is 35.4 Å². The second-order valence-corrected chi connectivity index (χ2v) is 6.80. The number of amides is 1. The molecule has 2 heterocycles. The lowest BCUT2D eigenvalue weighted by atomic mass is 9.97. The van der Waals surface area contributed by atoms with Gasteiger partial charge in [0.1, 0.15) is 0 Å². The van der Waals surface area contributed by atoms with E-state index in [1.54, 1.807) is 0 Å². The number of piperidine rings is 1. The molecule has 0 radical (unpaired) electrons. The standard InChI is InChI=1S/C19H28N2O/c1-16-8-2-3-10-18(16)19(22)21-14-5-4-9-17(21)11-15-20-12-6-7-13-20/h2-3,8,10,17H,4-7,9,11-15H2,1H3/t17-/m0/s1. The third kappa shape index (κ3) is 3.52. The van der Waals surface area contributed by atoms with Crippen molar-refractivity contribution in [3.8, 4) is 0 Å². The Labute approximate surface area is 134 Å². The summed E-state index contributed by atoms with van der Waals surface area (Å²) in [5, 5.41) is 0. The number of hydrogen-bond acceptors (Lipinski definition) is 2. The molecule has 22 heavy (non-hydrogen) atoms. The summed E-state index contributed by atoms with van der Waals surface area (Å²) in [6.45, 7) is 6.62. The lowest BCUT2D eigenvalue weighted by molar-refractivity contribution is 0.0587. The van der Waals surface area contributed by atoms with Crippen LogP contribution in [0.15, 0.2) is 24.3 Å². The van der Waals surface area contributed by atoms with Crippen LogP contribution in [0.1, 0.15) is 54.4 Å². The molecule has 1 atom stereocenters. The molecule has 0 N–H and O–H groups in total. The van der Waals surface area contributed by atoms with Crippen LogP contribution in [-0.4, -0.2) is 47.9 Å². The number of carbonyl (C=O) groups is 1. The number of aryl methyl sites for hydroxylation is 1. The topological polar surface area (TPSA) is 23.6 Å². The molecule has 1 aromatic carbocycles. The van der Waals surface area contributed by atoms with Crippen LogP contribution in [0, 0.1) is 6.92 Å². The molecule has 0 aromatic heterocycles. The highest BCUT2D eigenvalue weighted by molar-refractivity contribution is 5.95. The third-order valence-electron chi connectivity index (χ3n) is 5.24. The maximum atomic E-state index is 12.9. The normalized spacial score (nSPS) is 23.0. The highest BCUT2D eigenvalue weighted by Gasteiger charge is 2.28. The van der Waals surface area contributed by atoms with Crippen LogP contribution in [0.3, 0.4) is 0 Å². The number of hydrogen-bond donors (Lipinski definition) is 0. The van der Waals surface area contributed by atoms with Crippen molar-refractivity contribution in [1.82, 2.24) is 9.80 Å². The van der Waals surface area contributed by atoms with Gasteiger partial charge in [-0.2, -0.15) is 0 Å². The Morgan fingerprint density at radius 1 is 1.09 bits per heavy atom. The molecule has 0 spiro atoms. The van der Waals surface area contributed by atoms with E-state index in [-0.39, 0.29) is 5.91 Å². The van der Waals surface area contributed by atoms with Crippen LogP contribution >= 0.6 is 0 Å². The summed E-state index contributed by atoms with van der Waals surface area (Å²) in [5.74, 6) is 0.240. The molecule has 0 saturated carbocycles. The van der Waals surface area contributed by atoms with Crippen LogP contribution in [0.2, 0.25) is 0 Å². The van der Waals surface area contributed by atoms with Crippen LogP contribution in [0.5, 0.6) is 0 Å². The zero-order valence-electron chi connectivity index (χ0n) is 13.8. The third-order valence-corrected chi connectivity index (χ3v) is 5.24. The molecular weight excluding hydrogens is 272 g/mol. The van der Waals surface area contributed by atoms with Gasteiger partial charge in [-0.3, -0.25) is 4.79 Å². The summed E-state index contributed by atoms with van der Waals surface area (Å²) in [4.78, 5) is 17.7. The zero-order chi connectivity index (χ0) is 15.4. The summed E-state index contributed by atoms with van der Waals surface area (Å²) in [6, 6.07) is 8.43. The fourth-order valence-electron chi connectivity index (χ4n) is 3.87. The molecule has 3 heteroatoms. The minimum Gasteiger partial charge on any atom is -0.336 e. The summed E-state index contributed by atoms with van der Waals surface area (Å²) < 4.78 is 0. The van der Waals surface area contributed by atoms with Crippen molar-refractivity contribution in [2.45, 2.75) is 51.5 Å². The van der Waals surface area contributed by atoms with Crippen molar-refractivity contribution in [2.75, 3.05) is 26.2 Å². The zero-order valence-corrected chi connectivity index (χ0v) is 13.8. The molecule has 3 rings (SSSR count). The monoisotopic (exact) mass is 300 g/mol. The SMILES string of the molecule is Cc1ccccc1C(=O)N1CCCC[C@H]1CCN1CCCC1. The Morgan fingerprint density at radius 3 is 2.59 bits per heavy atom. The second-order valence-electron chi connectivity index (χ2n) is 6.80. The quantitative estimate of drug-likeness (QED) is 0.850. The van der Waals surface area contributed by atoms with E-state index < -0.39 is 0 Å². The number of rotatable bonds is 4. The molecule has 1 aromatic rings. The number of carbonyl (C=O) groups excluding carboxylic acids is 1. The van der Waals surface area contributed by atoms with E-state index in [4.69, 9.17) is 0 Å². The van der Waals surface area contributed by atoms with Gasteiger partial charge >= 0.3 is 0 Å². The molecule has 2 aliphatic rings. The fourth-order valence-corrected chi connectivity index (χ4v) is 3.87. The van der Waals surface area contributed by atoms with Gasteiger partial charge in [-0.1, -0.05) is 18.2 Å². The van der Waals surface area contributed by atoms with Crippen molar-refractivity contribution in [1.29, 1.82) is 0 Å². The molecular formula is C19H28N2O. The van der Waals surface area contributed by atoms with E-state index in [1.807, 2.05) is 31.2 Å². The Morgan fingerprint density at radius 2 is 1.82 bits per heavy atom. The molecule has 2 fully saturated rings. The van der Waals surface area contributed by atoms with E-state index in [2.05, 4.69) is 9.80 Å². The lowest BCUT2D eigenvalue weighted by Gasteiger charge is -2.37. The molecule has 2 aliphatic heterocycles. The first-order valence-electron chi connectivity index (χ1n) is 8.84. The summed E-state index contributed by atoms with van der Waals surface area (Å²) >= 11 is 0. The Kier molecular flexibility index (Phi) is 5.14. The summed E-state index contributed by atoms with van der Waals surface area (Å²) in [5.41, 5.74) is 1.98. The van der Waals surface area contributed by atoms with Gasteiger partial charge in [-0.15, -0.1) is 0 Å². The Balaban J connectivity index is 1.66. The maximum Gasteiger partial charge on any atom is 0.254 e. The minimum absolute atomic E-state index is 0.240. The number of nitrogens with zero attached hydrogens (tertiary/aromatic N) is 2. The van der Waals surface area contributed by atoms with Crippen LogP contribution in [0.25, 0.3) is 0 Å². The van der Waals surface area contributed by atoms with E-state index in [1.165, 1.54) is 38.8 Å². The van der Waals surface area contributed by atoms with Gasteiger partial charge in [0.25, 0.3) is 5.91 Å². The van der Waals surface area contributed by atoms with Gasteiger partial charge in [0, 0.05) is 24.7 Å². The highest BCUT2D eigenvalue weighted by atomic mass is 16.2. The van der Waals surface area contributed by atoms with Crippen molar-refractivity contribution >= 4 is 5.91 Å². The van der Waals surface area contributed by atoms with E-state index in [9.17, 15) is 4.79 Å². The predicted octanol–water partition coefficient (Wildman–Crippen LogP) is 3.48. The molecule has 0 unspecified atom stereocenters. The van der Waals surface area contributed by atoms with E-state index in [0.717, 1.165) is 37.1 Å². The Bertz CT molecular complexity index is 508. The van der Waals surface area contributed by atoms with Crippen molar-refractivity contribution in [2.24, 2.45) is 0 Å². The van der Waals surface area contributed by atoms with Crippen LogP contribution in [0.4, 0.5) is 0 Å². The average molecular weight is 300 g/mol. The summed E-state index contributed by atoms with van der Waals surface area (Å²) in [6.07, 6.45) is 7.41. The van der Waals surface area contributed by atoms with Crippen molar-refractivity contribution in [3.63, 3.8) is 0 Å². The molecule has 3 nitrogen and oxygen atoms in total.